The van der Waals surface area contributed by atoms with Crippen LogP contribution in [0.2, 0.25) is 5.02 Å². The summed E-state index contributed by atoms with van der Waals surface area (Å²) in [5, 5.41) is 4.79. The summed E-state index contributed by atoms with van der Waals surface area (Å²) in [7, 11) is 0. The predicted octanol–water partition coefficient (Wildman–Crippen LogP) is 5.94. The first-order valence-electron chi connectivity index (χ1n) is 8.31. The highest BCUT2D eigenvalue weighted by Gasteiger charge is 2.15. The molecule has 0 heterocycles. The molecule has 1 aliphatic carbocycles. The van der Waals surface area contributed by atoms with Crippen LogP contribution >= 0.6 is 11.6 Å². The van der Waals surface area contributed by atoms with Crippen molar-refractivity contribution >= 4 is 17.8 Å². The molecule has 2 aromatic carbocycles. The average molecular weight is 328 g/mol. The largest absolute Gasteiger partial charge is 0.391 e. The smallest absolute Gasteiger partial charge is 0.143 e. The number of oxime groups is 1. The summed E-state index contributed by atoms with van der Waals surface area (Å²) >= 11 is 6.10. The van der Waals surface area contributed by atoms with E-state index in [0.717, 1.165) is 11.1 Å². The fourth-order valence-electron chi connectivity index (χ4n) is 3.15. The molecule has 0 aromatic heterocycles. The average Bonchev–Trinajstić information content (AvgIpc) is 2.61. The Hall–Kier alpha value is -1.80. The minimum atomic E-state index is 0.387. The molecule has 0 atom stereocenters. The maximum Gasteiger partial charge on any atom is 0.143 e. The normalized spacial score (nSPS) is 15.9. The van der Waals surface area contributed by atoms with Crippen LogP contribution in [-0.2, 0) is 11.4 Å². The summed E-state index contributed by atoms with van der Waals surface area (Å²) in [4.78, 5) is 5.37. The van der Waals surface area contributed by atoms with Crippen LogP contribution in [0.4, 0.5) is 0 Å². The molecule has 0 radical (unpaired) electrons. The van der Waals surface area contributed by atoms with Crippen LogP contribution in [0.25, 0.3) is 0 Å². The Morgan fingerprint density at radius 3 is 2.70 bits per heavy atom. The molecule has 3 rings (SSSR count). The number of hydrogen-bond acceptors (Lipinski definition) is 2. The van der Waals surface area contributed by atoms with Crippen molar-refractivity contribution in [1.82, 2.24) is 0 Å². The van der Waals surface area contributed by atoms with Gasteiger partial charge in [-0.2, -0.15) is 0 Å². The van der Waals surface area contributed by atoms with Crippen molar-refractivity contribution in [3.63, 3.8) is 0 Å². The highest BCUT2D eigenvalue weighted by Crippen LogP contribution is 2.32. The second-order valence-corrected chi connectivity index (χ2v) is 6.51. The monoisotopic (exact) mass is 327 g/mol. The van der Waals surface area contributed by atoms with Gasteiger partial charge >= 0.3 is 0 Å². The lowest BCUT2D eigenvalue weighted by Crippen LogP contribution is -2.04. The third-order valence-electron chi connectivity index (χ3n) is 4.44. The van der Waals surface area contributed by atoms with Gasteiger partial charge in [-0.05, 0) is 42.0 Å². The van der Waals surface area contributed by atoms with Crippen molar-refractivity contribution in [2.24, 2.45) is 5.16 Å². The Balaban J connectivity index is 1.58. The fourth-order valence-corrected chi connectivity index (χ4v) is 3.34. The van der Waals surface area contributed by atoms with E-state index in [0.29, 0.717) is 17.5 Å². The zero-order valence-corrected chi connectivity index (χ0v) is 14.0. The minimum absolute atomic E-state index is 0.387. The Kier molecular flexibility index (Phi) is 5.71. The van der Waals surface area contributed by atoms with Crippen LogP contribution in [0.5, 0.6) is 0 Å². The molecule has 23 heavy (non-hydrogen) atoms. The Morgan fingerprint density at radius 1 is 1.04 bits per heavy atom. The molecular formula is C20H22ClNO. The third-order valence-corrected chi connectivity index (χ3v) is 4.81. The summed E-state index contributed by atoms with van der Waals surface area (Å²) in [6.45, 7) is 0.387. The first-order chi connectivity index (χ1) is 11.3. The van der Waals surface area contributed by atoms with E-state index in [1.54, 1.807) is 6.21 Å². The molecule has 0 unspecified atom stereocenters. The van der Waals surface area contributed by atoms with Gasteiger partial charge in [-0.1, -0.05) is 72.4 Å². The Morgan fingerprint density at radius 2 is 1.87 bits per heavy atom. The molecule has 0 amide bonds. The summed E-state index contributed by atoms with van der Waals surface area (Å²) < 4.78 is 0. The number of halogens is 1. The zero-order chi connectivity index (χ0) is 15.9. The van der Waals surface area contributed by atoms with Gasteiger partial charge in [0, 0.05) is 10.6 Å². The molecule has 2 aromatic rings. The topological polar surface area (TPSA) is 21.6 Å². The molecule has 1 aliphatic rings. The van der Waals surface area contributed by atoms with Crippen LogP contribution in [0.15, 0.2) is 53.7 Å². The van der Waals surface area contributed by atoms with Crippen LogP contribution in [0.3, 0.4) is 0 Å². The highest BCUT2D eigenvalue weighted by atomic mass is 35.5. The molecule has 3 heteroatoms. The van der Waals surface area contributed by atoms with E-state index in [2.05, 4.69) is 29.4 Å². The Bertz CT molecular complexity index is 662. The predicted molar refractivity (Wildman–Crippen MR) is 96.1 cm³/mol. The first-order valence-corrected chi connectivity index (χ1v) is 8.69. The first kappa shape index (κ1) is 16.1. The van der Waals surface area contributed by atoms with Crippen LogP contribution in [0, 0.1) is 0 Å². The van der Waals surface area contributed by atoms with E-state index < -0.39 is 0 Å². The van der Waals surface area contributed by atoms with Gasteiger partial charge in [0.25, 0.3) is 0 Å². The van der Waals surface area contributed by atoms with Gasteiger partial charge in [-0.3, -0.25) is 0 Å². The zero-order valence-electron chi connectivity index (χ0n) is 13.2. The number of benzene rings is 2. The van der Waals surface area contributed by atoms with Crippen molar-refractivity contribution in [1.29, 1.82) is 0 Å². The maximum absolute atomic E-state index is 6.10. The van der Waals surface area contributed by atoms with E-state index in [-0.39, 0.29) is 0 Å². The molecule has 0 bridgehead atoms. The molecule has 0 aliphatic heterocycles. The molecule has 0 spiro atoms. The highest BCUT2D eigenvalue weighted by molar-refractivity contribution is 6.31. The minimum Gasteiger partial charge on any atom is -0.391 e. The lowest BCUT2D eigenvalue weighted by molar-refractivity contribution is 0.132. The standard InChI is InChI=1S/C20H22ClNO/c21-20-12-5-4-10-19(20)15-23-22-14-16-7-6-11-18(13-16)17-8-2-1-3-9-17/h4-7,10-14,17H,1-3,8-9,15H2. The molecule has 1 fully saturated rings. The second kappa shape index (κ2) is 8.16. The number of nitrogens with zero attached hydrogens (tertiary/aromatic N) is 1. The number of hydrogen-bond donors (Lipinski definition) is 0. The van der Waals surface area contributed by atoms with Crippen molar-refractivity contribution in [3.05, 3.63) is 70.2 Å². The molecular weight excluding hydrogens is 306 g/mol. The van der Waals surface area contributed by atoms with Crippen LogP contribution < -0.4 is 0 Å². The van der Waals surface area contributed by atoms with E-state index >= 15 is 0 Å². The fraction of sp³-hybridized carbons (Fsp3) is 0.350. The van der Waals surface area contributed by atoms with Crippen molar-refractivity contribution in [2.45, 2.75) is 44.6 Å². The summed E-state index contributed by atoms with van der Waals surface area (Å²) in [6.07, 6.45) is 8.48. The molecule has 1 saturated carbocycles. The van der Waals surface area contributed by atoms with E-state index in [4.69, 9.17) is 16.4 Å². The summed E-state index contributed by atoms with van der Waals surface area (Å²) in [6, 6.07) is 16.3. The third kappa shape index (κ3) is 4.59. The van der Waals surface area contributed by atoms with E-state index in [1.807, 2.05) is 24.3 Å². The lowest BCUT2D eigenvalue weighted by atomic mass is 9.84. The molecule has 2 nitrogen and oxygen atoms in total. The van der Waals surface area contributed by atoms with Gasteiger partial charge in [0.1, 0.15) is 6.61 Å². The van der Waals surface area contributed by atoms with E-state index in [1.165, 1.54) is 37.7 Å². The second-order valence-electron chi connectivity index (χ2n) is 6.10. The lowest BCUT2D eigenvalue weighted by Gasteiger charge is -2.22. The van der Waals surface area contributed by atoms with Crippen molar-refractivity contribution in [3.8, 4) is 0 Å². The summed E-state index contributed by atoms with van der Waals surface area (Å²) in [5.41, 5.74) is 3.47. The summed E-state index contributed by atoms with van der Waals surface area (Å²) in [5.74, 6) is 0.709. The van der Waals surface area contributed by atoms with Gasteiger partial charge < -0.3 is 4.84 Å². The van der Waals surface area contributed by atoms with Crippen molar-refractivity contribution < 1.29 is 4.84 Å². The van der Waals surface area contributed by atoms with Gasteiger partial charge in [0.05, 0.1) is 6.21 Å². The SMILES string of the molecule is Clc1ccccc1CON=Cc1cccc(C2CCCCC2)c1. The van der Waals surface area contributed by atoms with Gasteiger partial charge in [-0.25, -0.2) is 0 Å². The molecule has 120 valence electrons. The van der Waals surface area contributed by atoms with Gasteiger partial charge in [0.15, 0.2) is 0 Å². The molecule has 0 N–H and O–H groups in total. The quantitative estimate of drug-likeness (QED) is 0.492. The maximum atomic E-state index is 6.10. The van der Waals surface area contributed by atoms with Gasteiger partial charge in [-0.15, -0.1) is 0 Å². The van der Waals surface area contributed by atoms with Crippen molar-refractivity contribution in [2.75, 3.05) is 0 Å². The Labute approximate surface area is 143 Å². The molecule has 0 saturated heterocycles. The van der Waals surface area contributed by atoms with Crippen LogP contribution in [0.1, 0.15) is 54.7 Å². The van der Waals surface area contributed by atoms with Gasteiger partial charge in [0.2, 0.25) is 0 Å². The number of rotatable bonds is 5. The van der Waals surface area contributed by atoms with E-state index in [9.17, 15) is 0 Å². The van der Waals surface area contributed by atoms with Crippen LogP contribution in [-0.4, -0.2) is 6.21 Å².